The quantitative estimate of drug-likeness (QED) is 0.0763. The Morgan fingerprint density at radius 3 is 1.18 bits per heavy atom. The summed E-state index contributed by atoms with van der Waals surface area (Å²) < 4.78 is 85.1. The molecule has 0 aliphatic heterocycles. The molecule has 0 spiro atoms. The van der Waals surface area contributed by atoms with Gasteiger partial charge < -0.3 is 34.5 Å². The van der Waals surface area contributed by atoms with Crippen molar-refractivity contribution in [2.45, 2.75) is 0 Å². The van der Waals surface area contributed by atoms with Crippen LogP contribution in [0.5, 0.6) is 0 Å². The molecule has 286 valence electrons. The van der Waals surface area contributed by atoms with Crippen LogP contribution in [-0.2, 0) is 17.1 Å². The second kappa shape index (κ2) is 19.6. The molecule has 2 aromatic carbocycles. The van der Waals surface area contributed by atoms with E-state index in [1.54, 1.807) is 21.8 Å². The number of pyridine rings is 2. The molecule has 0 saturated carbocycles. The Bertz CT molecular complexity index is 2200. The fourth-order valence-corrected chi connectivity index (χ4v) is 4.43. The van der Waals surface area contributed by atoms with E-state index < -0.39 is 19.4 Å². The van der Waals surface area contributed by atoms with E-state index in [0.717, 1.165) is 52.1 Å². The number of halogens is 8. The summed E-state index contributed by atoms with van der Waals surface area (Å²) >= 11 is 0. The molecule has 8 rings (SSSR count). The summed E-state index contributed by atoms with van der Waals surface area (Å²) in [5.74, 6) is 3.09. The van der Waals surface area contributed by atoms with E-state index in [-0.39, 0.29) is 17.1 Å². The van der Waals surface area contributed by atoms with Gasteiger partial charge >= 0.3 is 31.6 Å². The summed E-state index contributed by atoms with van der Waals surface area (Å²) in [6.07, 6.45) is 10.9. The maximum Gasteiger partial charge on any atom is 2.00 e. The van der Waals surface area contributed by atoms with Crippen molar-refractivity contribution in [2.24, 2.45) is 0 Å². The van der Waals surface area contributed by atoms with Crippen LogP contribution in [0.4, 0.5) is 34.5 Å². The summed E-state index contributed by atoms with van der Waals surface area (Å²) in [6.45, 7) is 0. The van der Waals surface area contributed by atoms with Gasteiger partial charge in [0.15, 0.2) is 30.3 Å². The van der Waals surface area contributed by atoms with Crippen molar-refractivity contribution in [2.75, 3.05) is 7.05 Å². The van der Waals surface area contributed by atoms with Crippen LogP contribution in [-0.4, -0.2) is 75.6 Å². The zero-order valence-electron chi connectivity index (χ0n) is 28.0. The van der Waals surface area contributed by atoms with Gasteiger partial charge in [-0.05, 0) is 48.5 Å². The van der Waals surface area contributed by atoms with Gasteiger partial charge in [0.2, 0.25) is 0 Å². The number of hydrogen-bond donors (Lipinski definition) is 0. The minimum Gasteiger partial charge on any atom is -0.418 e. The van der Waals surface area contributed by atoms with Gasteiger partial charge in [-0.3, -0.25) is 10.1 Å². The number of hydrogen-bond acceptors (Lipinski definition) is 8. The molecule has 0 aliphatic carbocycles. The van der Waals surface area contributed by atoms with Crippen LogP contribution in [0.3, 0.4) is 0 Å². The second-order valence-corrected chi connectivity index (χ2v) is 10.3. The van der Waals surface area contributed by atoms with Crippen LogP contribution in [0.1, 0.15) is 0 Å². The molecular formula is C31H25B2F8FeN11O2. The van der Waals surface area contributed by atoms with Crippen molar-refractivity contribution in [3.8, 4) is 23.3 Å². The zero-order chi connectivity index (χ0) is 39.3. The molecule has 0 radical (unpaired) electrons. The summed E-state index contributed by atoms with van der Waals surface area (Å²) in [5.41, 5.74) is 2.08. The maximum atomic E-state index is 9.75. The molecule has 0 N–H and O–H groups in total. The summed E-state index contributed by atoms with van der Waals surface area (Å²) in [6, 6.07) is 31.5. The number of benzene rings is 2. The van der Waals surface area contributed by atoms with E-state index in [0.29, 0.717) is 0 Å². The summed E-state index contributed by atoms with van der Waals surface area (Å²) in [4.78, 5) is 17.5. The van der Waals surface area contributed by atoms with Crippen molar-refractivity contribution in [3.63, 3.8) is 0 Å². The van der Waals surface area contributed by atoms with Gasteiger partial charge in [0.25, 0.3) is 0 Å². The molecule has 0 amide bonds. The number of rotatable bonds is 4. The number of fused-ring (bicyclic) bond motifs is 2. The van der Waals surface area contributed by atoms with E-state index in [1.165, 1.54) is 0 Å². The maximum absolute atomic E-state index is 9.75. The molecule has 8 aromatic rings. The van der Waals surface area contributed by atoms with Crippen LogP contribution in [0.15, 0.2) is 134 Å². The van der Waals surface area contributed by atoms with Crippen LogP contribution >= 0.6 is 0 Å². The molecule has 0 fully saturated rings. The third-order valence-electron chi connectivity index (χ3n) is 6.31. The van der Waals surface area contributed by atoms with Gasteiger partial charge in [-0.15, -0.1) is 0 Å². The van der Waals surface area contributed by atoms with Crippen LogP contribution < -0.4 is 0 Å². The molecular weight excluding hydrogens is 788 g/mol. The fraction of sp³-hybridized carbons (Fsp3) is 0.0323. The van der Waals surface area contributed by atoms with Crippen LogP contribution in [0.2, 0.25) is 0 Å². The Morgan fingerprint density at radius 2 is 0.855 bits per heavy atom. The van der Waals surface area contributed by atoms with Gasteiger partial charge in [-0.1, -0.05) is 48.5 Å². The number of nitrogens with zero attached hydrogens (tertiary/aromatic N) is 11. The standard InChI is InChI=1S/2C15H11N5.CH3NO2.2BF4.Fe/c2*1-2-6-13-12(5-1)11-17-20(13)15-8-3-7-14(18-15)19-10-4-9-16-19;1-2(3)4;2*2-1(3,4)5;/h2*1-11H;1H3;;;/q;;;2*-1;+2. The molecule has 0 atom stereocenters. The second-order valence-electron chi connectivity index (χ2n) is 10.3. The van der Waals surface area contributed by atoms with E-state index in [9.17, 15) is 34.5 Å². The predicted molar refractivity (Wildman–Crippen MR) is 185 cm³/mol. The fourth-order valence-electron chi connectivity index (χ4n) is 4.43. The molecule has 0 aliphatic rings. The van der Waals surface area contributed by atoms with E-state index in [2.05, 4.69) is 30.4 Å². The molecule has 0 saturated heterocycles. The Labute approximate surface area is 316 Å². The summed E-state index contributed by atoms with van der Waals surface area (Å²) in [5, 5.41) is 28.2. The zero-order valence-corrected chi connectivity index (χ0v) is 29.1. The molecule has 0 unspecified atom stereocenters. The van der Waals surface area contributed by atoms with Gasteiger partial charge in [-0.2, -0.15) is 20.4 Å². The molecule has 0 bridgehead atoms. The molecule has 6 aromatic heterocycles. The average Bonchev–Trinajstić information content (AvgIpc) is 3.94. The first kappa shape index (κ1) is 43.0. The smallest absolute Gasteiger partial charge is 0.418 e. The van der Waals surface area contributed by atoms with Crippen LogP contribution in [0, 0.1) is 10.1 Å². The van der Waals surface area contributed by atoms with Gasteiger partial charge in [-0.25, -0.2) is 28.7 Å². The van der Waals surface area contributed by atoms with Crippen molar-refractivity contribution in [1.82, 2.24) is 49.1 Å². The number of nitro groups is 1. The van der Waals surface area contributed by atoms with E-state index in [4.69, 9.17) is 10.1 Å². The molecule has 6 heterocycles. The average molecular weight is 813 g/mol. The third-order valence-corrected chi connectivity index (χ3v) is 6.31. The van der Waals surface area contributed by atoms with E-state index in [1.807, 2.05) is 131 Å². The number of aromatic nitrogens is 10. The SMILES string of the molecule is C[N+](=O)[O-].F[B-](F)(F)F.F[B-](F)(F)F.[Fe+2].c1cc(-n2cccn2)nc(-n2ncc3ccccc32)c1.c1cc(-n2cccn2)nc(-n2ncc3ccccc32)c1. The van der Waals surface area contributed by atoms with Crippen molar-refractivity contribution < 1.29 is 56.5 Å². The summed E-state index contributed by atoms with van der Waals surface area (Å²) in [7, 11) is -11.1. The van der Waals surface area contributed by atoms with Crippen LogP contribution in [0.25, 0.3) is 45.1 Å². The minimum absolute atomic E-state index is 0. The third kappa shape index (κ3) is 14.2. The van der Waals surface area contributed by atoms with E-state index >= 15 is 0 Å². The Balaban J connectivity index is 0.000000218. The first-order chi connectivity index (χ1) is 25.6. The Hall–Kier alpha value is -6.41. The molecule has 13 nitrogen and oxygen atoms in total. The first-order valence-electron chi connectivity index (χ1n) is 15.2. The Kier molecular flexibility index (Phi) is 15.3. The van der Waals surface area contributed by atoms with Gasteiger partial charge in [0.05, 0.1) is 23.4 Å². The Morgan fingerprint density at radius 1 is 0.527 bits per heavy atom. The minimum atomic E-state index is -6.00. The number of para-hydroxylation sites is 2. The normalized spacial score (nSPS) is 10.6. The van der Waals surface area contributed by atoms with Crippen molar-refractivity contribution in [3.05, 3.63) is 144 Å². The van der Waals surface area contributed by atoms with Crippen molar-refractivity contribution >= 4 is 36.3 Å². The molecule has 55 heavy (non-hydrogen) atoms. The largest absolute Gasteiger partial charge is 2.00 e. The van der Waals surface area contributed by atoms with Crippen molar-refractivity contribution in [1.29, 1.82) is 0 Å². The van der Waals surface area contributed by atoms with Gasteiger partial charge in [0.1, 0.15) is 0 Å². The monoisotopic (exact) mass is 813 g/mol. The predicted octanol–water partition coefficient (Wildman–Crippen LogP) is 7.70. The first-order valence-corrected chi connectivity index (χ1v) is 15.2. The molecule has 24 heteroatoms. The van der Waals surface area contributed by atoms with Gasteiger partial charge in [0, 0.05) is 40.5 Å². The topological polar surface area (TPSA) is 140 Å².